The molecule has 0 fully saturated rings. The summed E-state index contributed by atoms with van der Waals surface area (Å²) in [5.41, 5.74) is 1.24. The normalized spacial score (nSPS) is 12.5. The molecule has 0 aromatic heterocycles. The predicted molar refractivity (Wildman–Crippen MR) is 61.9 cm³/mol. The Labute approximate surface area is 94.1 Å². The molecule has 2 rings (SSSR count). The first kappa shape index (κ1) is 12.7. The Bertz CT molecular complexity index is 304. The summed E-state index contributed by atoms with van der Waals surface area (Å²) < 4.78 is 1.60. The van der Waals surface area contributed by atoms with Crippen molar-refractivity contribution in [2.45, 2.75) is 4.90 Å². The third-order valence-electron chi connectivity index (χ3n) is 1.52. The molecule has 0 unspecified atom stereocenters. The summed E-state index contributed by atoms with van der Waals surface area (Å²) in [6.45, 7) is 0. The van der Waals surface area contributed by atoms with E-state index in [-0.39, 0.29) is 24.8 Å². The lowest BCUT2D eigenvalue weighted by Gasteiger charge is -2.17. The molecule has 2 nitrogen and oxygen atoms in total. The van der Waals surface area contributed by atoms with Gasteiger partial charge in [-0.05, 0) is 17.7 Å². The highest BCUT2D eigenvalue weighted by atomic mass is 35.5. The fourth-order valence-electron chi connectivity index (χ4n) is 0.999. The Kier molecular flexibility index (Phi) is 5.25. The van der Waals surface area contributed by atoms with Gasteiger partial charge in [-0.2, -0.15) is 0 Å². The fourth-order valence-corrected chi connectivity index (χ4v) is 1.73. The second-order valence-electron chi connectivity index (χ2n) is 2.30. The monoisotopic (exact) mass is 236 g/mol. The number of benzene rings is 1. The van der Waals surface area contributed by atoms with Crippen LogP contribution in [0.2, 0.25) is 0 Å². The first-order chi connectivity index (χ1) is 5.36. The summed E-state index contributed by atoms with van der Waals surface area (Å²) in [6.07, 6.45) is 3.86. The highest BCUT2D eigenvalue weighted by Gasteiger charge is 2.06. The lowest BCUT2D eigenvalue weighted by atomic mass is 10.2. The van der Waals surface area contributed by atoms with Crippen molar-refractivity contribution in [1.82, 2.24) is 4.41 Å². The van der Waals surface area contributed by atoms with Crippen molar-refractivity contribution in [2.75, 3.05) is 0 Å². The van der Waals surface area contributed by atoms with Crippen LogP contribution in [-0.4, -0.2) is 4.41 Å². The molecule has 72 valence electrons. The summed E-state index contributed by atoms with van der Waals surface area (Å²) in [4.78, 5) is 1.21. The summed E-state index contributed by atoms with van der Waals surface area (Å²) in [7, 11) is 0. The van der Waals surface area contributed by atoms with Crippen LogP contribution >= 0.6 is 36.8 Å². The first-order valence-corrected chi connectivity index (χ1v) is 4.13. The van der Waals surface area contributed by atoms with E-state index in [0.29, 0.717) is 0 Å². The number of nitrogens with two attached hydrogens (primary N) is 1. The van der Waals surface area contributed by atoms with Crippen molar-refractivity contribution < 1.29 is 0 Å². The minimum absolute atomic E-state index is 0. The minimum atomic E-state index is 0. The molecule has 0 amide bonds. The van der Waals surface area contributed by atoms with Crippen LogP contribution in [0.15, 0.2) is 35.4 Å². The van der Waals surface area contributed by atoms with E-state index in [2.05, 4.69) is 12.1 Å². The van der Waals surface area contributed by atoms with E-state index < -0.39 is 0 Å². The van der Waals surface area contributed by atoms with Crippen LogP contribution in [0.5, 0.6) is 0 Å². The highest BCUT2D eigenvalue weighted by Crippen LogP contribution is 2.29. The van der Waals surface area contributed by atoms with Crippen molar-refractivity contribution in [3.05, 3.63) is 36.0 Å². The Morgan fingerprint density at radius 1 is 1.15 bits per heavy atom. The summed E-state index contributed by atoms with van der Waals surface area (Å²) in [6, 6.07) is 8.17. The standard InChI is InChI=1S/C8H8N2S.2ClH/c9-10-6-5-7-3-1-2-4-8(7)11-10;;/h1-6H,9H2;2*1H. The number of fused-ring (bicyclic) bond motifs is 1. The maximum Gasteiger partial charge on any atom is 0.0373 e. The minimum Gasteiger partial charge on any atom is -0.256 e. The van der Waals surface area contributed by atoms with Gasteiger partial charge in [0.05, 0.1) is 0 Å². The molecule has 0 saturated heterocycles. The maximum absolute atomic E-state index is 5.56. The molecular formula is C8H10Cl2N2S. The van der Waals surface area contributed by atoms with Gasteiger partial charge in [-0.15, -0.1) is 24.8 Å². The van der Waals surface area contributed by atoms with Gasteiger partial charge in [0, 0.05) is 23.0 Å². The van der Waals surface area contributed by atoms with Crippen molar-refractivity contribution in [3.63, 3.8) is 0 Å². The van der Waals surface area contributed by atoms with E-state index in [1.165, 1.54) is 22.4 Å². The van der Waals surface area contributed by atoms with E-state index in [1.807, 2.05) is 24.4 Å². The number of nitrogens with zero attached hydrogens (tertiary/aromatic N) is 1. The van der Waals surface area contributed by atoms with Crippen LogP contribution in [0.4, 0.5) is 0 Å². The van der Waals surface area contributed by atoms with Gasteiger partial charge in [0.15, 0.2) is 0 Å². The Hall–Kier alpha value is -0.350. The van der Waals surface area contributed by atoms with Crippen LogP contribution in [0, 0.1) is 0 Å². The van der Waals surface area contributed by atoms with Gasteiger partial charge in [-0.1, -0.05) is 18.2 Å². The summed E-state index contributed by atoms with van der Waals surface area (Å²) >= 11 is 1.54. The molecule has 1 aromatic rings. The molecule has 0 aliphatic carbocycles. The quantitative estimate of drug-likeness (QED) is 0.555. The molecular weight excluding hydrogens is 227 g/mol. The van der Waals surface area contributed by atoms with Crippen LogP contribution in [0.1, 0.15) is 5.56 Å². The third kappa shape index (κ3) is 2.81. The van der Waals surface area contributed by atoms with Gasteiger partial charge in [0.25, 0.3) is 0 Å². The van der Waals surface area contributed by atoms with Gasteiger partial charge in [0.1, 0.15) is 0 Å². The molecule has 0 atom stereocenters. The van der Waals surface area contributed by atoms with Gasteiger partial charge in [-0.3, -0.25) is 4.41 Å². The molecule has 1 heterocycles. The molecule has 0 spiro atoms. The van der Waals surface area contributed by atoms with E-state index >= 15 is 0 Å². The average molecular weight is 237 g/mol. The zero-order chi connectivity index (χ0) is 7.68. The number of hydrazine groups is 1. The number of hydrogen-bond acceptors (Lipinski definition) is 3. The topological polar surface area (TPSA) is 29.3 Å². The van der Waals surface area contributed by atoms with Crippen LogP contribution in [0.25, 0.3) is 6.08 Å². The molecule has 0 radical (unpaired) electrons. The summed E-state index contributed by atoms with van der Waals surface area (Å²) in [5, 5.41) is 0. The summed E-state index contributed by atoms with van der Waals surface area (Å²) in [5.74, 6) is 5.56. The molecule has 13 heavy (non-hydrogen) atoms. The lowest BCUT2D eigenvalue weighted by Crippen LogP contribution is -2.17. The number of rotatable bonds is 0. The van der Waals surface area contributed by atoms with Crippen LogP contribution in [0.3, 0.4) is 0 Å². The van der Waals surface area contributed by atoms with E-state index in [4.69, 9.17) is 5.84 Å². The van der Waals surface area contributed by atoms with E-state index in [1.54, 1.807) is 4.41 Å². The highest BCUT2D eigenvalue weighted by molar-refractivity contribution is 7.97. The van der Waals surface area contributed by atoms with Gasteiger partial charge in [-0.25, -0.2) is 5.84 Å². The molecule has 5 heteroatoms. The zero-order valence-electron chi connectivity index (χ0n) is 6.71. The SMILES string of the molecule is Cl.Cl.NN1C=Cc2ccccc2S1. The molecule has 1 aliphatic heterocycles. The fraction of sp³-hybridized carbons (Fsp3) is 0. The van der Waals surface area contributed by atoms with E-state index in [0.717, 1.165) is 0 Å². The number of hydrogen-bond donors (Lipinski definition) is 1. The predicted octanol–water partition coefficient (Wildman–Crippen LogP) is 2.70. The smallest absolute Gasteiger partial charge is 0.0373 e. The van der Waals surface area contributed by atoms with Crippen LogP contribution in [-0.2, 0) is 0 Å². The maximum atomic E-state index is 5.56. The molecule has 2 N–H and O–H groups in total. The van der Waals surface area contributed by atoms with E-state index in [9.17, 15) is 0 Å². The van der Waals surface area contributed by atoms with Crippen molar-refractivity contribution in [2.24, 2.45) is 5.84 Å². The van der Waals surface area contributed by atoms with Crippen molar-refractivity contribution >= 4 is 42.8 Å². The van der Waals surface area contributed by atoms with Gasteiger partial charge < -0.3 is 0 Å². The second kappa shape index (κ2) is 5.40. The number of halogens is 2. The van der Waals surface area contributed by atoms with Crippen LogP contribution < -0.4 is 5.84 Å². The van der Waals surface area contributed by atoms with Crippen molar-refractivity contribution in [3.8, 4) is 0 Å². The van der Waals surface area contributed by atoms with Gasteiger partial charge in [0.2, 0.25) is 0 Å². The molecule has 1 aromatic carbocycles. The Balaban J connectivity index is 0.000000720. The first-order valence-electron chi connectivity index (χ1n) is 3.35. The lowest BCUT2D eigenvalue weighted by molar-refractivity contribution is 0.672. The Morgan fingerprint density at radius 3 is 2.62 bits per heavy atom. The third-order valence-corrected chi connectivity index (χ3v) is 2.42. The van der Waals surface area contributed by atoms with Gasteiger partial charge >= 0.3 is 0 Å². The zero-order valence-corrected chi connectivity index (χ0v) is 9.16. The average Bonchev–Trinajstić information content (AvgIpc) is 2.04. The largest absolute Gasteiger partial charge is 0.256 e. The molecule has 0 saturated carbocycles. The molecule has 1 aliphatic rings. The second-order valence-corrected chi connectivity index (χ2v) is 3.35. The molecule has 0 bridgehead atoms. The van der Waals surface area contributed by atoms with Crippen molar-refractivity contribution in [1.29, 1.82) is 0 Å². The Morgan fingerprint density at radius 2 is 1.85 bits per heavy atom.